The Kier molecular flexibility index (Phi) is 4.79. The van der Waals surface area contributed by atoms with Crippen LogP contribution in [0.4, 0.5) is 10.1 Å². The third-order valence-corrected chi connectivity index (χ3v) is 8.17. The Morgan fingerprint density at radius 2 is 1.66 bits per heavy atom. The van der Waals surface area contributed by atoms with Crippen molar-refractivity contribution < 1.29 is 14.0 Å². The molecular weight excluding hydrogens is 483 g/mol. The maximum Gasteiger partial charge on any atom is 0.266 e. The van der Waals surface area contributed by atoms with E-state index < -0.39 is 23.2 Å². The number of hydrogen-bond donors (Lipinski definition) is 1. The van der Waals surface area contributed by atoms with Gasteiger partial charge in [0.1, 0.15) is 17.2 Å². The zero-order valence-corrected chi connectivity index (χ0v) is 20.9. The predicted molar refractivity (Wildman–Crippen MR) is 140 cm³/mol. The Hall–Kier alpha value is -4.17. The van der Waals surface area contributed by atoms with Gasteiger partial charge in [0.2, 0.25) is 11.8 Å². The molecule has 7 rings (SSSR count). The number of amides is 2. The van der Waals surface area contributed by atoms with Gasteiger partial charge in [0.05, 0.1) is 34.1 Å². The lowest BCUT2D eigenvalue weighted by atomic mass is 9.75. The van der Waals surface area contributed by atoms with Crippen molar-refractivity contribution in [3.8, 4) is 5.69 Å². The number of nitrogens with zero attached hydrogens (tertiary/aromatic N) is 3. The van der Waals surface area contributed by atoms with Crippen LogP contribution in [0.2, 0.25) is 0 Å². The van der Waals surface area contributed by atoms with Crippen LogP contribution in [0.3, 0.4) is 0 Å². The fourth-order valence-electron chi connectivity index (χ4n) is 6.77. The summed E-state index contributed by atoms with van der Waals surface area (Å²) in [6.45, 7) is 4.15. The molecule has 2 fully saturated rings. The van der Waals surface area contributed by atoms with Gasteiger partial charge in [-0.15, -0.1) is 0 Å². The number of benzene rings is 3. The molecule has 0 bridgehead atoms. The number of carbonyl (C=O) groups excluding carboxylic acids is 2. The second-order valence-corrected chi connectivity index (χ2v) is 10.8. The number of anilines is 1. The molecule has 2 saturated heterocycles. The van der Waals surface area contributed by atoms with E-state index >= 15 is 0 Å². The summed E-state index contributed by atoms with van der Waals surface area (Å²) in [6.07, 6.45) is 0.652. The average molecular weight is 509 g/mol. The number of nitrogens with one attached hydrogen (secondary N) is 1. The van der Waals surface area contributed by atoms with E-state index in [1.54, 1.807) is 22.8 Å². The number of rotatable bonds is 3. The lowest BCUT2D eigenvalue weighted by Gasteiger charge is -2.32. The molecule has 0 aliphatic carbocycles. The summed E-state index contributed by atoms with van der Waals surface area (Å²) in [5.74, 6) is -1.97. The van der Waals surface area contributed by atoms with E-state index in [0.717, 1.165) is 5.56 Å². The van der Waals surface area contributed by atoms with Crippen LogP contribution in [0.25, 0.3) is 16.6 Å². The molecule has 0 saturated carbocycles. The van der Waals surface area contributed by atoms with Crippen LogP contribution in [-0.4, -0.2) is 27.4 Å². The molecule has 190 valence electrons. The van der Waals surface area contributed by atoms with E-state index in [1.165, 1.54) is 29.2 Å². The number of para-hydroxylation sites is 2. The minimum Gasteiger partial charge on any atom is -0.297 e. The molecule has 1 aromatic heterocycles. The standard InChI is InChI=1S/C30H25FN4O3/c1-16(2)15-22-24-25(28(38)34(27(24)37)18-13-11-17(31)12-14-18)30(33-22)20-8-4-6-10-23(20)35-26(36)19-7-3-5-9-21(19)32-29(30)35/h3-14,16,22,24-25,33H,15H2,1-2H3/t22-,24-,25+,30+/m0/s1. The van der Waals surface area contributed by atoms with Gasteiger partial charge in [0, 0.05) is 11.6 Å². The molecule has 3 aromatic carbocycles. The SMILES string of the molecule is CC(C)C[C@@H]1N[C@]2(c3ccccc3-n3c2nc2ccccc2c3=O)[C@H]2C(=O)N(c3ccc(F)cc3)C(=O)[C@@H]12. The first kappa shape index (κ1) is 23.0. The van der Waals surface area contributed by atoms with Crippen LogP contribution < -0.4 is 15.8 Å². The number of fused-ring (bicyclic) bond motifs is 8. The summed E-state index contributed by atoms with van der Waals surface area (Å²) in [5.41, 5.74) is 0.891. The third-order valence-electron chi connectivity index (χ3n) is 8.17. The van der Waals surface area contributed by atoms with Crippen molar-refractivity contribution in [2.75, 3.05) is 4.90 Å². The van der Waals surface area contributed by atoms with Gasteiger partial charge in [-0.3, -0.25) is 24.3 Å². The Bertz CT molecular complexity index is 1710. The van der Waals surface area contributed by atoms with E-state index in [0.29, 0.717) is 34.5 Å². The van der Waals surface area contributed by atoms with Crippen LogP contribution in [-0.2, 0) is 15.1 Å². The first-order valence-corrected chi connectivity index (χ1v) is 12.9. The number of halogens is 1. The third kappa shape index (κ3) is 2.86. The summed E-state index contributed by atoms with van der Waals surface area (Å²) >= 11 is 0. The summed E-state index contributed by atoms with van der Waals surface area (Å²) in [7, 11) is 0. The topological polar surface area (TPSA) is 84.3 Å². The first-order valence-electron chi connectivity index (χ1n) is 12.9. The minimum absolute atomic E-state index is 0.215. The highest BCUT2D eigenvalue weighted by molar-refractivity contribution is 6.23. The van der Waals surface area contributed by atoms with Crippen LogP contribution in [0.1, 0.15) is 31.7 Å². The molecule has 3 aliphatic rings. The quantitative estimate of drug-likeness (QED) is 0.425. The van der Waals surface area contributed by atoms with Crippen molar-refractivity contribution >= 4 is 28.4 Å². The first-order chi connectivity index (χ1) is 18.3. The molecule has 2 amide bonds. The van der Waals surface area contributed by atoms with E-state index in [4.69, 9.17) is 4.98 Å². The molecule has 1 N–H and O–H groups in total. The smallest absolute Gasteiger partial charge is 0.266 e. The molecule has 0 radical (unpaired) electrons. The van der Waals surface area contributed by atoms with E-state index in [-0.39, 0.29) is 29.3 Å². The maximum atomic E-state index is 14.3. The average Bonchev–Trinajstić information content (AvgIpc) is 3.48. The highest BCUT2D eigenvalue weighted by Gasteiger charge is 2.69. The normalized spacial score (nSPS) is 25.5. The lowest BCUT2D eigenvalue weighted by Crippen LogP contribution is -2.50. The number of carbonyl (C=O) groups is 2. The van der Waals surface area contributed by atoms with Crippen LogP contribution in [0, 0.1) is 23.6 Å². The molecule has 4 aromatic rings. The minimum atomic E-state index is -1.18. The van der Waals surface area contributed by atoms with Crippen LogP contribution >= 0.6 is 0 Å². The Morgan fingerprint density at radius 1 is 0.947 bits per heavy atom. The van der Waals surface area contributed by atoms with Crippen molar-refractivity contribution in [3.05, 3.63) is 100 Å². The number of aromatic nitrogens is 2. The molecular formula is C30H25FN4O3. The van der Waals surface area contributed by atoms with Crippen molar-refractivity contribution in [2.24, 2.45) is 17.8 Å². The van der Waals surface area contributed by atoms with Gasteiger partial charge >= 0.3 is 0 Å². The second kappa shape index (κ2) is 7.91. The van der Waals surface area contributed by atoms with Crippen LogP contribution in [0.5, 0.6) is 0 Å². The van der Waals surface area contributed by atoms with Gasteiger partial charge in [-0.25, -0.2) is 14.3 Å². The zero-order valence-electron chi connectivity index (χ0n) is 20.9. The van der Waals surface area contributed by atoms with Gasteiger partial charge in [-0.2, -0.15) is 0 Å². The molecule has 7 nitrogen and oxygen atoms in total. The van der Waals surface area contributed by atoms with Crippen molar-refractivity contribution in [2.45, 2.75) is 31.8 Å². The summed E-state index contributed by atoms with van der Waals surface area (Å²) < 4.78 is 15.3. The highest BCUT2D eigenvalue weighted by atomic mass is 19.1. The van der Waals surface area contributed by atoms with E-state index in [2.05, 4.69) is 19.2 Å². The highest BCUT2D eigenvalue weighted by Crippen LogP contribution is 2.56. The van der Waals surface area contributed by atoms with E-state index in [9.17, 15) is 18.8 Å². The fourth-order valence-corrected chi connectivity index (χ4v) is 6.77. The summed E-state index contributed by atoms with van der Waals surface area (Å²) in [4.78, 5) is 48.3. The second-order valence-electron chi connectivity index (χ2n) is 10.8. The molecule has 3 aliphatic heterocycles. The summed E-state index contributed by atoms with van der Waals surface area (Å²) in [6, 6.07) is 19.7. The van der Waals surface area contributed by atoms with Crippen molar-refractivity contribution in [1.29, 1.82) is 0 Å². The molecule has 38 heavy (non-hydrogen) atoms. The van der Waals surface area contributed by atoms with Gasteiger partial charge < -0.3 is 0 Å². The van der Waals surface area contributed by atoms with Gasteiger partial charge in [-0.05, 0) is 54.8 Å². The monoisotopic (exact) mass is 508 g/mol. The molecule has 0 unspecified atom stereocenters. The van der Waals surface area contributed by atoms with Gasteiger partial charge in [0.15, 0.2) is 0 Å². The number of imide groups is 1. The lowest BCUT2D eigenvalue weighted by molar-refractivity contribution is -0.123. The van der Waals surface area contributed by atoms with Gasteiger partial charge in [0.25, 0.3) is 5.56 Å². The Labute approximate surface area is 217 Å². The zero-order chi connectivity index (χ0) is 26.3. The maximum absolute atomic E-state index is 14.3. The molecule has 4 atom stereocenters. The molecule has 1 spiro atoms. The van der Waals surface area contributed by atoms with Crippen molar-refractivity contribution in [3.63, 3.8) is 0 Å². The van der Waals surface area contributed by atoms with Crippen LogP contribution in [0.15, 0.2) is 77.6 Å². The largest absolute Gasteiger partial charge is 0.297 e. The fraction of sp³-hybridized carbons (Fsp3) is 0.267. The Balaban J connectivity index is 1.52. The van der Waals surface area contributed by atoms with E-state index in [1.807, 2.05) is 30.3 Å². The number of hydrogen-bond acceptors (Lipinski definition) is 5. The van der Waals surface area contributed by atoms with Crippen molar-refractivity contribution in [1.82, 2.24) is 14.9 Å². The van der Waals surface area contributed by atoms with Gasteiger partial charge in [-0.1, -0.05) is 44.2 Å². The Morgan fingerprint density at radius 3 is 2.42 bits per heavy atom. The predicted octanol–water partition coefficient (Wildman–Crippen LogP) is 3.91. The summed E-state index contributed by atoms with van der Waals surface area (Å²) in [5, 5.41) is 4.18. The molecule has 8 heteroatoms. The molecule has 4 heterocycles.